The molecule has 1 saturated carbocycles. The van der Waals surface area contributed by atoms with Crippen LogP contribution in [0.15, 0.2) is 18.2 Å². The molecule has 0 bridgehead atoms. The molecule has 0 aliphatic heterocycles. The van der Waals surface area contributed by atoms with E-state index in [4.69, 9.17) is 5.26 Å². The van der Waals surface area contributed by atoms with Gasteiger partial charge in [-0.05, 0) is 18.9 Å². The Morgan fingerprint density at radius 3 is 2.94 bits per heavy atom. The minimum atomic E-state index is -0.826. The third-order valence-corrected chi connectivity index (χ3v) is 3.27. The number of benzene rings is 1. The highest BCUT2D eigenvalue weighted by Crippen LogP contribution is 2.25. The Balaban J connectivity index is 1.98. The van der Waals surface area contributed by atoms with E-state index in [2.05, 4.69) is 11.4 Å². The Labute approximate surface area is 99.3 Å². The Morgan fingerprint density at radius 1 is 1.35 bits per heavy atom. The summed E-state index contributed by atoms with van der Waals surface area (Å²) in [7, 11) is 0. The molecule has 0 heterocycles. The molecule has 2 rings (SSSR count). The molecule has 1 aliphatic rings. The highest BCUT2D eigenvalue weighted by Gasteiger charge is 2.26. The summed E-state index contributed by atoms with van der Waals surface area (Å²) < 4.78 is 26.3. The highest BCUT2D eigenvalue weighted by atomic mass is 19.2. The van der Waals surface area contributed by atoms with Gasteiger partial charge in [-0.3, -0.25) is 0 Å². The van der Waals surface area contributed by atoms with Gasteiger partial charge in [-0.25, -0.2) is 8.78 Å². The molecule has 17 heavy (non-hydrogen) atoms. The summed E-state index contributed by atoms with van der Waals surface area (Å²) in [6.45, 7) is 0.270. The van der Waals surface area contributed by atoms with Crippen molar-refractivity contribution in [3.05, 3.63) is 35.4 Å². The number of hydrogen-bond donors (Lipinski definition) is 1. The Hall–Kier alpha value is -1.47. The molecule has 4 heteroatoms. The van der Waals surface area contributed by atoms with Crippen molar-refractivity contribution >= 4 is 0 Å². The fraction of sp³-hybridized carbons (Fsp3) is 0.462. The molecule has 1 aliphatic carbocycles. The number of rotatable bonds is 3. The van der Waals surface area contributed by atoms with E-state index in [9.17, 15) is 8.78 Å². The van der Waals surface area contributed by atoms with E-state index in [0.717, 1.165) is 25.3 Å². The van der Waals surface area contributed by atoms with Crippen molar-refractivity contribution < 1.29 is 8.78 Å². The summed E-state index contributed by atoms with van der Waals surface area (Å²) in [5, 5.41) is 12.0. The Bertz CT molecular complexity index is 440. The SMILES string of the molecule is N#CC1CCCC1NCc1cccc(F)c1F. The standard InChI is InChI=1S/C13H14F2N2/c14-11-5-1-4-10(13(11)15)8-17-12-6-2-3-9(12)7-16/h1,4-5,9,12,17H,2-3,6,8H2. The van der Waals surface area contributed by atoms with Crippen LogP contribution in [0.3, 0.4) is 0 Å². The lowest BCUT2D eigenvalue weighted by Crippen LogP contribution is -2.31. The van der Waals surface area contributed by atoms with Gasteiger partial charge in [0.1, 0.15) is 0 Å². The van der Waals surface area contributed by atoms with E-state index in [1.807, 2.05) is 0 Å². The van der Waals surface area contributed by atoms with Crippen LogP contribution < -0.4 is 5.32 Å². The van der Waals surface area contributed by atoms with Crippen LogP contribution in [-0.4, -0.2) is 6.04 Å². The fourth-order valence-corrected chi connectivity index (χ4v) is 2.28. The first-order valence-electron chi connectivity index (χ1n) is 5.78. The third-order valence-electron chi connectivity index (χ3n) is 3.27. The lowest BCUT2D eigenvalue weighted by molar-refractivity contribution is 0.446. The van der Waals surface area contributed by atoms with Crippen molar-refractivity contribution in [1.82, 2.24) is 5.32 Å². The third kappa shape index (κ3) is 2.62. The zero-order valence-corrected chi connectivity index (χ0v) is 9.42. The molecular weight excluding hydrogens is 222 g/mol. The lowest BCUT2D eigenvalue weighted by Gasteiger charge is -2.15. The van der Waals surface area contributed by atoms with Crippen LogP contribution in [0.1, 0.15) is 24.8 Å². The van der Waals surface area contributed by atoms with Gasteiger partial charge in [-0.1, -0.05) is 18.6 Å². The van der Waals surface area contributed by atoms with Crippen molar-refractivity contribution in [3.63, 3.8) is 0 Å². The Morgan fingerprint density at radius 2 is 2.18 bits per heavy atom. The van der Waals surface area contributed by atoms with Crippen LogP contribution in [0, 0.1) is 28.9 Å². The van der Waals surface area contributed by atoms with Crippen LogP contribution >= 0.6 is 0 Å². The minimum absolute atomic E-state index is 0.00776. The summed E-state index contributed by atoms with van der Waals surface area (Å²) in [4.78, 5) is 0. The average Bonchev–Trinajstić information content (AvgIpc) is 2.78. The maximum absolute atomic E-state index is 13.4. The fourth-order valence-electron chi connectivity index (χ4n) is 2.28. The van der Waals surface area contributed by atoms with Crippen molar-refractivity contribution in [2.45, 2.75) is 31.8 Å². The summed E-state index contributed by atoms with van der Waals surface area (Å²) in [5.74, 6) is -1.63. The highest BCUT2D eigenvalue weighted by molar-refractivity contribution is 5.19. The molecule has 0 aromatic heterocycles. The molecular formula is C13H14F2N2. The molecule has 2 nitrogen and oxygen atoms in total. The first kappa shape index (κ1) is 12.0. The molecule has 0 amide bonds. The maximum atomic E-state index is 13.4. The second-order valence-electron chi connectivity index (χ2n) is 4.37. The molecule has 0 saturated heterocycles. The van der Waals surface area contributed by atoms with Crippen molar-refractivity contribution in [1.29, 1.82) is 5.26 Å². The normalized spacial score (nSPS) is 23.6. The van der Waals surface area contributed by atoms with E-state index in [-0.39, 0.29) is 18.5 Å². The minimum Gasteiger partial charge on any atom is -0.309 e. The topological polar surface area (TPSA) is 35.8 Å². The smallest absolute Gasteiger partial charge is 0.163 e. The first-order valence-corrected chi connectivity index (χ1v) is 5.78. The van der Waals surface area contributed by atoms with Gasteiger partial charge in [-0.15, -0.1) is 0 Å². The van der Waals surface area contributed by atoms with Gasteiger partial charge in [0.05, 0.1) is 12.0 Å². The molecule has 0 spiro atoms. The summed E-state index contributed by atoms with van der Waals surface area (Å²) in [5.41, 5.74) is 0.314. The van der Waals surface area contributed by atoms with Crippen LogP contribution in [-0.2, 0) is 6.54 Å². The van der Waals surface area contributed by atoms with Crippen molar-refractivity contribution in [2.24, 2.45) is 5.92 Å². The molecule has 2 atom stereocenters. The molecule has 1 aromatic carbocycles. The van der Waals surface area contributed by atoms with Crippen LogP contribution in [0.2, 0.25) is 0 Å². The van der Waals surface area contributed by atoms with E-state index >= 15 is 0 Å². The number of nitrogens with zero attached hydrogens (tertiary/aromatic N) is 1. The maximum Gasteiger partial charge on any atom is 0.163 e. The zero-order valence-electron chi connectivity index (χ0n) is 9.42. The van der Waals surface area contributed by atoms with Crippen LogP contribution in [0.25, 0.3) is 0 Å². The summed E-state index contributed by atoms with van der Waals surface area (Å²) in [6.07, 6.45) is 2.83. The van der Waals surface area contributed by atoms with Gasteiger partial charge in [0.2, 0.25) is 0 Å². The predicted molar refractivity (Wildman–Crippen MR) is 59.9 cm³/mol. The predicted octanol–water partition coefficient (Wildman–Crippen LogP) is 2.75. The molecule has 2 unspecified atom stereocenters. The first-order chi connectivity index (χ1) is 8.22. The lowest BCUT2D eigenvalue weighted by atomic mass is 10.1. The summed E-state index contributed by atoms with van der Waals surface area (Å²) in [6, 6.07) is 6.50. The molecule has 1 N–H and O–H groups in total. The van der Waals surface area contributed by atoms with Crippen LogP contribution in [0.4, 0.5) is 8.78 Å². The van der Waals surface area contributed by atoms with E-state index in [1.54, 1.807) is 6.07 Å². The molecule has 1 aromatic rings. The number of halogens is 2. The number of nitriles is 1. The monoisotopic (exact) mass is 236 g/mol. The van der Waals surface area contributed by atoms with Crippen LogP contribution in [0.5, 0.6) is 0 Å². The van der Waals surface area contributed by atoms with E-state index in [1.165, 1.54) is 6.07 Å². The molecule has 1 fully saturated rings. The molecule has 90 valence electrons. The second-order valence-corrected chi connectivity index (χ2v) is 4.37. The molecule has 0 radical (unpaired) electrons. The average molecular weight is 236 g/mol. The van der Waals surface area contributed by atoms with Gasteiger partial charge in [0, 0.05) is 18.2 Å². The number of nitrogens with one attached hydrogen (secondary N) is 1. The van der Waals surface area contributed by atoms with E-state index < -0.39 is 11.6 Å². The summed E-state index contributed by atoms with van der Waals surface area (Å²) >= 11 is 0. The van der Waals surface area contributed by atoms with E-state index in [0.29, 0.717) is 5.56 Å². The zero-order chi connectivity index (χ0) is 12.3. The quantitative estimate of drug-likeness (QED) is 0.875. The number of hydrogen-bond acceptors (Lipinski definition) is 2. The van der Waals surface area contributed by atoms with Gasteiger partial charge in [0.15, 0.2) is 11.6 Å². The van der Waals surface area contributed by atoms with Gasteiger partial charge < -0.3 is 5.32 Å². The largest absolute Gasteiger partial charge is 0.309 e. The van der Waals surface area contributed by atoms with Crippen molar-refractivity contribution in [2.75, 3.05) is 0 Å². The van der Waals surface area contributed by atoms with Gasteiger partial charge >= 0.3 is 0 Å². The van der Waals surface area contributed by atoms with Crippen molar-refractivity contribution in [3.8, 4) is 6.07 Å². The van der Waals surface area contributed by atoms with Gasteiger partial charge in [-0.2, -0.15) is 5.26 Å². The van der Waals surface area contributed by atoms with Gasteiger partial charge in [0.25, 0.3) is 0 Å². The second kappa shape index (κ2) is 5.24. The Kier molecular flexibility index (Phi) is 3.70.